The molecule has 1 amide bonds. The SMILES string of the molecule is CC(C)(C)[Si](OC[C@@H]1CO[C@@H](CC(O)c2ccccc2[N+](=O)[O-])CN1C(=O)O)(c1ccccc1)c1ccccc1. The van der Waals surface area contributed by atoms with Crippen LogP contribution in [0.5, 0.6) is 0 Å². The van der Waals surface area contributed by atoms with E-state index in [-0.39, 0.29) is 42.5 Å². The Kier molecular flexibility index (Phi) is 9.04. The van der Waals surface area contributed by atoms with Gasteiger partial charge in [-0.25, -0.2) is 4.79 Å². The molecule has 0 radical (unpaired) electrons. The summed E-state index contributed by atoms with van der Waals surface area (Å²) in [5.41, 5.74) is -0.00686. The van der Waals surface area contributed by atoms with Gasteiger partial charge in [0.25, 0.3) is 14.0 Å². The summed E-state index contributed by atoms with van der Waals surface area (Å²) in [6.45, 7) is 6.71. The van der Waals surface area contributed by atoms with Crippen molar-refractivity contribution in [3.63, 3.8) is 0 Å². The quantitative estimate of drug-likeness (QED) is 0.225. The summed E-state index contributed by atoms with van der Waals surface area (Å²) < 4.78 is 13.0. The Morgan fingerprint density at radius 2 is 1.60 bits per heavy atom. The number of nitrogens with zero attached hydrogens (tertiary/aromatic N) is 2. The molecular formula is C30H36N2O7Si. The fourth-order valence-electron chi connectivity index (χ4n) is 5.57. The summed E-state index contributed by atoms with van der Waals surface area (Å²) >= 11 is 0. The molecule has 4 rings (SSSR count). The van der Waals surface area contributed by atoms with Crippen LogP contribution in [0.15, 0.2) is 84.9 Å². The summed E-state index contributed by atoms with van der Waals surface area (Å²) in [4.78, 5) is 24.5. The van der Waals surface area contributed by atoms with Crippen molar-refractivity contribution >= 4 is 30.5 Å². The largest absolute Gasteiger partial charge is 0.465 e. The first-order chi connectivity index (χ1) is 19.0. The van der Waals surface area contributed by atoms with Gasteiger partial charge in [0.15, 0.2) is 0 Å². The molecule has 1 aliphatic rings. The molecule has 0 spiro atoms. The highest BCUT2D eigenvalue weighted by Crippen LogP contribution is 2.37. The van der Waals surface area contributed by atoms with Gasteiger partial charge in [0.05, 0.1) is 48.5 Å². The van der Waals surface area contributed by atoms with Crippen LogP contribution in [0, 0.1) is 10.1 Å². The molecule has 0 bridgehead atoms. The number of nitro benzene ring substituents is 1. The number of benzene rings is 3. The van der Waals surface area contributed by atoms with Crippen molar-refractivity contribution in [2.75, 3.05) is 19.8 Å². The lowest BCUT2D eigenvalue weighted by Crippen LogP contribution is -2.68. The maximum atomic E-state index is 12.3. The predicted octanol–water partition coefficient (Wildman–Crippen LogP) is 4.34. The minimum absolute atomic E-state index is 0.0157. The maximum Gasteiger partial charge on any atom is 0.407 e. The van der Waals surface area contributed by atoms with E-state index in [2.05, 4.69) is 45.0 Å². The third-order valence-electron chi connectivity index (χ3n) is 7.50. The number of ether oxygens (including phenoxy) is 1. The van der Waals surface area contributed by atoms with Crippen LogP contribution in [-0.4, -0.2) is 66.4 Å². The van der Waals surface area contributed by atoms with Crippen LogP contribution in [0.25, 0.3) is 0 Å². The van der Waals surface area contributed by atoms with E-state index in [9.17, 15) is 25.1 Å². The zero-order valence-electron chi connectivity index (χ0n) is 23.0. The number of carbonyl (C=O) groups is 1. The van der Waals surface area contributed by atoms with Gasteiger partial charge in [0, 0.05) is 12.5 Å². The van der Waals surface area contributed by atoms with Gasteiger partial charge < -0.3 is 19.4 Å². The normalized spacial score (nSPS) is 18.8. The van der Waals surface area contributed by atoms with Crippen molar-refractivity contribution in [1.82, 2.24) is 4.90 Å². The summed E-state index contributed by atoms with van der Waals surface area (Å²) in [6.07, 6.45) is -2.89. The topological polar surface area (TPSA) is 122 Å². The molecule has 0 saturated carbocycles. The first-order valence-corrected chi connectivity index (χ1v) is 15.2. The van der Waals surface area contributed by atoms with Crippen molar-refractivity contribution in [3.05, 3.63) is 101 Å². The molecule has 3 aromatic rings. The fourth-order valence-corrected chi connectivity index (χ4v) is 10.2. The molecule has 0 aromatic heterocycles. The molecule has 3 atom stereocenters. The van der Waals surface area contributed by atoms with Gasteiger partial charge in [-0.05, 0) is 21.5 Å². The highest BCUT2D eigenvalue weighted by Gasteiger charge is 2.51. The molecule has 9 nitrogen and oxygen atoms in total. The van der Waals surface area contributed by atoms with Crippen LogP contribution in [-0.2, 0) is 9.16 Å². The van der Waals surface area contributed by atoms with Crippen molar-refractivity contribution in [2.45, 2.75) is 50.5 Å². The number of amides is 1. The molecule has 3 aromatic carbocycles. The van der Waals surface area contributed by atoms with Gasteiger partial charge in [0.2, 0.25) is 0 Å². The number of nitro groups is 1. The highest BCUT2D eigenvalue weighted by molar-refractivity contribution is 6.99. The monoisotopic (exact) mass is 564 g/mol. The Morgan fingerprint density at radius 3 is 2.12 bits per heavy atom. The molecule has 0 aliphatic carbocycles. The molecular weight excluding hydrogens is 528 g/mol. The Bertz CT molecular complexity index is 1260. The van der Waals surface area contributed by atoms with Gasteiger partial charge in [0.1, 0.15) is 0 Å². The summed E-state index contributed by atoms with van der Waals surface area (Å²) in [5, 5.41) is 34.2. The summed E-state index contributed by atoms with van der Waals surface area (Å²) in [5.74, 6) is 0. The highest BCUT2D eigenvalue weighted by atomic mass is 28.4. The van der Waals surface area contributed by atoms with Crippen LogP contribution in [0.2, 0.25) is 5.04 Å². The third kappa shape index (κ3) is 6.10. The van der Waals surface area contributed by atoms with Crippen molar-refractivity contribution in [3.8, 4) is 0 Å². The van der Waals surface area contributed by atoms with Gasteiger partial charge >= 0.3 is 6.09 Å². The lowest BCUT2D eigenvalue weighted by atomic mass is 10.0. The van der Waals surface area contributed by atoms with E-state index >= 15 is 0 Å². The van der Waals surface area contributed by atoms with Gasteiger partial charge in [-0.3, -0.25) is 15.0 Å². The van der Waals surface area contributed by atoms with E-state index in [0.717, 1.165) is 10.4 Å². The van der Waals surface area contributed by atoms with Crippen LogP contribution in [0.3, 0.4) is 0 Å². The Morgan fingerprint density at radius 1 is 1.05 bits per heavy atom. The smallest absolute Gasteiger partial charge is 0.407 e. The maximum absolute atomic E-state index is 12.3. The Balaban J connectivity index is 1.55. The molecule has 1 aliphatic heterocycles. The molecule has 1 saturated heterocycles. The number of aliphatic hydroxyl groups excluding tert-OH is 1. The Labute approximate surface area is 235 Å². The average molecular weight is 565 g/mol. The first kappa shape index (κ1) is 29.4. The molecule has 2 N–H and O–H groups in total. The van der Waals surface area contributed by atoms with E-state index in [1.807, 2.05) is 36.4 Å². The summed E-state index contributed by atoms with van der Waals surface area (Å²) in [6, 6.07) is 25.7. The lowest BCUT2D eigenvalue weighted by molar-refractivity contribution is -0.386. The third-order valence-corrected chi connectivity index (χ3v) is 12.5. The van der Waals surface area contributed by atoms with E-state index in [0.29, 0.717) is 0 Å². The molecule has 212 valence electrons. The number of carboxylic acid groups (broad SMARTS) is 1. The summed E-state index contributed by atoms with van der Waals surface area (Å²) in [7, 11) is -2.88. The number of rotatable bonds is 9. The second-order valence-corrected chi connectivity index (χ2v) is 15.4. The molecule has 40 heavy (non-hydrogen) atoms. The van der Waals surface area contributed by atoms with E-state index in [4.69, 9.17) is 9.16 Å². The van der Waals surface area contributed by atoms with Crippen molar-refractivity contribution < 1.29 is 29.1 Å². The van der Waals surface area contributed by atoms with E-state index in [1.165, 1.54) is 23.1 Å². The zero-order valence-corrected chi connectivity index (χ0v) is 24.0. The van der Waals surface area contributed by atoms with Crippen molar-refractivity contribution in [1.29, 1.82) is 0 Å². The van der Waals surface area contributed by atoms with Crippen LogP contribution < -0.4 is 10.4 Å². The van der Waals surface area contributed by atoms with Crippen molar-refractivity contribution in [2.24, 2.45) is 0 Å². The Hall–Kier alpha value is -3.57. The van der Waals surface area contributed by atoms with E-state index in [1.54, 1.807) is 6.07 Å². The standard InChI is InChI=1S/C30H36N2O7Si/c1-30(2,3)40(24-12-6-4-7-13-24,25-14-8-5-9-15-25)39-21-22-20-38-23(19-31(22)29(34)35)18-28(33)26-16-10-11-17-27(26)32(36)37/h4-17,22-23,28,33H,18-21H2,1-3H3,(H,34,35)/t22-,23-,28?/m0/s1. The number of para-hydroxylation sites is 1. The van der Waals surface area contributed by atoms with E-state index < -0.39 is 37.6 Å². The number of morpholine rings is 1. The van der Waals surface area contributed by atoms with Crippen LogP contribution >= 0.6 is 0 Å². The second-order valence-electron chi connectivity index (χ2n) is 11.1. The first-order valence-electron chi connectivity index (χ1n) is 13.3. The minimum Gasteiger partial charge on any atom is -0.465 e. The molecule has 1 fully saturated rings. The number of hydrogen-bond donors (Lipinski definition) is 2. The molecule has 10 heteroatoms. The van der Waals surface area contributed by atoms with Gasteiger partial charge in [-0.2, -0.15) is 0 Å². The predicted molar refractivity (Wildman–Crippen MR) is 155 cm³/mol. The fraction of sp³-hybridized carbons (Fsp3) is 0.367. The average Bonchev–Trinajstić information content (AvgIpc) is 2.94. The molecule has 1 unspecified atom stereocenters. The van der Waals surface area contributed by atoms with Crippen LogP contribution in [0.4, 0.5) is 10.5 Å². The second kappa shape index (κ2) is 12.3. The molecule has 1 heterocycles. The van der Waals surface area contributed by atoms with Gasteiger partial charge in [-0.1, -0.05) is 93.6 Å². The number of hydrogen-bond acceptors (Lipinski definition) is 6. The zero-order chi connectivity index (χ0) is 28.9. The van der Waals surface area contributed by atoms with Gasteiger partial charge in [-0.15, -0.1) is 0 Å². The lowest BCUT2D eigenvalue weighted by Gasteiger charge is -2.45. The minimum atomic E-state index is -2.88. The van der Waals surface area contributed by atoms with Crippen LogP contribution in [0.1, 0.15) is 38.9 Å². The number of aliphatic hydroxyl groups is 1.